The Hall–Kier alpha value is -3.22. The topological polar surface area (TPSA) is 82.6 Å². The predicted molar refractivity (Wildman–Crippen MR) is 107 cm³/mol. The molecule has 1 N–H and O–H groups in total. The quantitative estimate of drug-likeness (QED) is 0.805. The van der Waals surface area contributed by atoms with Crippen LogP contribution >= 0.6 is 0 Å². The van der Waals surface area contributed by atoms with Gasteiger partial charge in [-0.3, -0.25) is 19.4 Å². The molecule has 3 heterocycles. The van der Waals surface area contributed by atoms with E-state index in [2.05, 4.69) is 10.3 Å². The van der Waals surface area contributed by atoms with Gasteiger partial charge in [-0.1, -0.05) is 24.3 Å². The summed E-state index contributed by atoms with van der Waals surface area (Å²) in [7, 11) is 0. The minimum absolute atomic E-state index is 0.0393. The number of carbonyl (C=O) groups is 3. The number of aryl methyl sites for hydroxylation is 1. The maximum Gasteiger partial charge on any atom is 0.254 e. The predicted octanol–water partition coefficient (Wildman–Crippen LogP) is 1.39. The second-order valence-electron chi connectivity index (χ2n) is 7.53. The smallest absolute Gasteiger partial charge is 0.254 e. The molecule has 2 aliphatic heterocycles. The highest BCUT2D eigenvalue weighted by atomic mass is 16.2. The van der Waals surface area contributed by atoms with Gasteiger partial charge in [0.15, 0.2) is 0 Å². The fraction of sp³-hybridized carbons (Fsp3) is 0.364. The summed E-state index contributed by atoms with van der Waals surface area (Å²) in [5.74, 6) is -0.204. The summed E-state index contributed by atoms with van der Waals surface area (Å²) in [4.78, 5) is 44.8. The number of aromatic nitrogens is 1. The van der Waals surface area contributed by atoms with Crippen LogP contribution in [0, 0.1) is 0 Å². The van der Waals surface area contributed by atoms with Crippen molar-refractivity contribution in [2.45, 2.75) is 31.8 Å². The Balaban J connectivity index is 1.22. The van der Waals surface area contributed by atoms with Crippen LogP contribution in [0.4, 0.5) is 0 Å². The largest absolute Gasteiger partial charge is 0.350 e. The molecule has 4 rings (SSSR count). The van der Waals surface area contributed by atoms with E-state index in [0.29, 0.717) is 38.0 Å². The fourth-order valence-corrected chi connectivity index (χ4v) is 3.93. The third kappa shape index (κ3) is 4.45. The molecule has 0 aliphatic carbocycles. The summed E-state index contributed by atoms with van der Waals surface area (Å²) in [5.41, 5.74) is 2.53. The molecule has 1 aromatic carbocycles. The Labute approximate surface area is 169 Å². The molecule has 0 radical (unpaired) electrons. The summed E-state index contributed by atoms with van der Waals surface area (Å²) in [6.07, 6.45) is 3.49. The van der Waals surface area contributed by atoms with Crippen molar-refractivity contribution in [3.8, 4) is 0 Å². The summed E-state index contributed by atoms with van der Waals surface area (Å²) in [5, 5.41) is 2.97. The van der Waals surface area contributed by atoms with E-state index in [1.807, 2.05) is 36.4 Å². The van der Waals surface area contributed by atoms with E-state index in [1.165, 1.54) is 0 Å². The normalized spacial score (nSPS) is 18.1. The van der Waals surface area contributed by atoms with Crippen molar-refractivity contribution < 1.29 is 14.4 Å². The lowest BCUT2D eigenvalue weighted by Gasteiger charge is -2.19. The second kappa shape index (κ2) is 8.43. The van der Waals surface area contributed by atoms with Crippen molar-refractivity contribution in [3.63, 3.8) is 0 Å². The highest BCUT2D eigenvalue weighted by Crippen LogP contribution is 2.22. The molecule has 7 nitrogen and oxygen atoms in total. The molecule has 0 bridgehead atoms. The molecule has 7 heteroatoms. The van der Waals surface area contributed by atoms with Gasteiger partial charge in [-0.25, -0.2) is 0 Å². The molecule has 29 heavy (non-hydrogen) atoms. The Kier molecular flexibility index (Phi) is 5.55. The number of amides is 3. The minimum Gasteiger partial charge on any atom is -0.350 e. The van der Waals surface area contributed by atoms with Crippen LogP contribution in [0.5, 0.6) is 0 Å². The zero-order valence-electron chi connectivity index (χ0n) is 16.2. The van der Waals surface area contributed by atoms with Crippen LogP contribution in [0.1, 0.15) is 34.5 Å². The SMILES string of the molecule is O=C(CN1Cc2ccccc2C1=O)NC1CCN(C(=O)CCc2ccccn2)C1. The number of carbonyl (C=O) groups excluding carboxylic acids is 3. The van der Waals surface area contributed by atoms with Crippen molar-refractivity contribution >= 4 is 17.7 Å². The Morgan fingerprint density at radius 2 is 1.97 bits per heavy atom. The van der Waals surface area contributed by atoms with Crippen molar-refractivity contribution in [1.29, 1.82) is 0 Å². The van der Waals surface area contributed by atoms with Gasteiger partial charge in [-0.05, 0) is 36.6 Å². The molecule has 0 spiro atoms. The monoisotopic (exact) mass is 392 g/mol. The first-order valence-corrected chi connectivity index (χ1v) is 9.94. The van der Waals surface area contributed by atoms with Crippen LogP contribution in [0.15, 0.2) is 48.7 Å². The Morgan fingerprint density at radius 1 is 1.14 bits per heavy atom. The summed E-state index contributed by atoms with van der Waals surface area (Å²) < 4.78 is 0. The number of rotatable bonds is 6. The first-order valence-electron chi connectivity index (χ1n) is 9.94. The van der Waals surface area contributed by atoms with E-state index < -0.39 is 0 Å². The van der Waals surface area contributed by atoms with Crippen LogP contribution in [0.2, 0.25) is 0 Å². The zero-order chi connectivity index (χ0) is 20.2. The molecular formula is C22H24N4O3. The highest BCUT2D eigenvalue weighted by molar-refractivity contribution is 6.00. The van der Waals surface area contributed by atoms with Crippen molar-refractivity contribution in [1.82, 2.24) is 20.1 Å². The van der Waals surface area contributed by atoms with Crippen LogP contribution in [0.3, 0.4) is 0 Å². The maximum absolute atomic E-state index is 12.4. The van der Waals surface area contributed by atoms with E-state index >= 15 is 0 Å². The van der Waals surface area contributed by atoms with E-state index in [9.17, 15) is 14.4 Å². The van der Waals surface area contributed by atoms with Gasteiger partial charge in [-0.2, -0.15) is 0 Å². The molecule has 2 aliphatic rings. The fourth-order valence-electron chi connectivity index (χ4n) is 3.93. The van der Waals surface area contributed by atoms with E-state index in [1.54, 1.807) is 22.1 Å². The number of nitrogens with one attached hydrogen (secondary N) is 1. The van der Waals surface area contributed by atoms with Crippen molar-refractivity contribution in [2.24, 2.45) is 0 Å². The molecule has 1 unspecified atom stereocenters. The van der Waals surface area contributed by atoms with Gasteiger partial charge < -0.3 is 15.1 Å². The maximum atomic E-state index is 12.4. The number of hydrogen-bond donors (Lipinski definition) is 1. The summed E-state index contributed by atoms with van der Waals surface area (Å²) in [6.45, 7) is 1.66. The molecule has 1 atom stereocenters. The average molecular weight is 392 g/mol. The van der Waals surface area contributed by atoms with Gasteiger partial charge >= 0.3 is 0 Å². The zero-order valence-corrected chi connectivity index (χ0v) is 16.2. The molecule has 2 aromatic rings. The number of pyridine rings is 1. The van der Waals surface area contributed by atoms with Gasteiger partial charge in [0, 0.05) is 49.6 Å². The third-order valence-electron chi connectivity index (χ3n) is 5.46. The standard InChI is InChI=1S/C22H24N4O3/c27-20(15-26-13-16-5-1-2-7-19(16)22(26)29)24-18-10-12-25(14-18)21(28)9-8-17-6-3-4-11-23-17/h1-7,11,18H,8-10,12-15H2,(H,24,27). The summed E-state index contributed by atoms with van der Waals surface area (Å²) in [6, 6.07) is 13.0. The van der Waals surface area contributed by atoms with Crippen molar-refractivity contribution in [2.75, 3.05) is 19.6 Å². The van der Waals surface area contributed by atoms with Gasteiger partial charge in [0.1, 0.15) is 6.54 Å². The van der Waals surface area contributed by atoms with Gasteiger partial charge in [-0.15, -0.1) is 0 Å². The minimum atomic E-state index is -0.182. The van der Waals surface area contributed by atoms with Crippen LogP contribution in [-0.2, 0) is 22.6 Å². The Morgan fingerprint density at radius 3 is 2.76 bits per heavy atom. The summed E-state index contributed by atoms with van der Waals surface area (Å²) >= 11 is 0. The molecule has 1 saturated heterocycles. The molecule has 150 valence electrons. The number of likely N-dealkylation sites (tertiary alicyclic amines) is 1. The van der Waals surface area contributed by atoms with Gasteiger partial charge in [0.25, 0.3) is 5.91 Å². The highest BCUT2D eigenvalue weighted by Gasteiger charge is 2.31. The molecular weight excluding hydrogens is 368 g/mol. The average Bonchev–Trinajstić information content (AvgIpc) is 3.32. The third-order valence-corrected chi connectivity index (χ3v) is 5.46. The Bertz CT molecular complexity index is 915. The van der Waals surface area contributed by atoms with Crippen LogP contribution < -0.4 is 5.32 Å². The second-order valence-corrected chi connectivity index (χ2v) is 7.53. The lowest BCUT2D eigenvalue weighted by Crippen LogP contribution is -2.43. The van der Waals surface area contributed by atoms with Gasteiger partial charge in [0.2, 0.25) is 11.8 Å². The van der Waals surface area contributed by atoms with E-state index in [-0.39, 0.29) is 30.3 Å². The lowest BCUT2D eigenvalue weighted by atomic mass is 10.1. The van der Waals surface area contributed by atoms with Crippen molar-refractivity contribution in [3.05, 3.63) is 65.5 Å². The number of fused-ring (bicyclic) bond motifs is 1. The first-order chi connectivity index (χ1) is 14.1. The number of nitrogens with zero attached hydrogens (tertiary/aromatic N) is 3. The van der Waals surface area contributed by atoms with E-state index in [4.69, 9.17) is 0 Å². The first kappa shape index (κ1) is 19.1. The molecule has 1 aromatic heterocycles. The number of hydrogen-bond acceptors (Lipinski definition) is 4. The molecule has 0 saturated carbocycles. The van der Waals surface area contributed by atoms with Crippen LogP contribution in [-0.4, -0.2) is 58.2 Å². The van der Waals surface area contributed by atoms with Crippen LogP contribution in [0.25, 0.3) is 0 Å². The molecule has 1 fully saturated rings. The molecule has 3 amide bonds. The number of benzene rings is 1. The van der Waals surface area contributed by atoms with E-state index in [0.717, 1.165) is 17.7 Å². The lowest BCUT2D eigenvalue weighted by molar-refractivity contribution is -0.130. The van der Waals surface area contributed by atoms with Gasteiger partial charge in [0.05, 0.1) is 0 Å².